The van der Waals surface area contributed by atoms with E-state index >= 15 is 0 Å². The smallest absolute Gasteiger partial charge is 0.427 e. The first-order chi connectivity index (χ1) is 10.0. The summed E-state index contributed by atoms with van der Waals surface area (Å²) in [6, 6.07) is 7.14. The number of hydrazone groups is 1. The van der Waals surface area contributed by atoms with Crippen LogP contribution >= 0.6 is 23.2 Å². The van der Waals surface area contributed by atoms with Crippen molar-refractivity contribution in [2.75, 3.05) is 7.11 Å². The van der Waals surface area contributed by atoms with Crippen molar-refractivity contribution in [3.05, 3.63) is 45.7 Å². The van der Waals surface area contributed by atoms with Gasteiger partial charge in [0.05, 0.1) is 30.3 Å². The minimum atomic E-state index is -0.665. The quantitative estimate of drug-likeness (QED) is 0.695. The van der Waals surface area contributed by atoms with Crippen molar-refractivity contribution >= 4 is 35.5 Å². The molecule has 110 valence electrons. The summed E-state index contributed by atoms with van der Waals surface area (Å²) in [6.45, 7) is 1.78. The molecule has 0 fully saturated rings. The van der Waals surface area contributed by atoms with E-state index in [1.54, 1.807) is 29.8 Å². The van der Waals surface area contributed by atoms with Crippen LogP contribution in [0.2, 0.25) is 10.2 Å². The second-order valence-corrected chi connectivity index (χ2v) is 4.84. The van der Waals surface area contributed by atoms with Crippen molar-refractivity contribution in [2.24, 2.45) is 5.10 Å². The van der Waals surface area contributed by atoms with E-state index in [1.807, 2.05) is 6.07 Å². The summed E-state index contributed by atoms with van der Waals surface area (Å²) >= 11 is 12.2. The lowest BCUT2D eigenvalue weighted by atomic mass is 10.3. The highest BCUT2D eigenvalue weighted by Crippen LogP contribution is 2.23. The van der Waals surface area contributed by atoms with Crippen LogP contribution in [0.15, 0.2) is 29.4 Å². The number of rotatable bonds is 3. The monoisotopic (exact) mass is 326 g/mol. The molecule has 1 amide bonds. The highest BCUT2D eigenvalue weighted by atomic mass is 35.5. The Kier molecular flexibility index (Phi) is 4.82. The molecule has 1 heterocycles. The van der Waals surface area contributed by atoms with Gasteiger partial charge in [0, 0.05) is 5.02 Å². The maximum Gasteiger partial charge on any atom is 0.427 e. The zero-order valence-electron chi connectivity index (χ0n) is 11.3. The summed E-state index contributed by atoms with van der Waals surface area (Å²) in [5, 5.41) is 9.02. The number of methoxy groups -OCH3 is 1. The molecule has 1 aromatic heterocycles. The zero-order valence-corrected chi connectivity index (χ0v) is 12.8. The molecule has 6 nitrogen and oxygen atoms in total. The number of amides is 1. The van der Waals surface area contributed by atoms with Crippen molar-refractivity contribution in [3.63, 3.8) is 0 Å². The Balaban J connectivity index is 2.32. The summed E-state index contributed by atoms with van der Waals surface area (Å²) in [6.07, 6.45) is 0.741. The number of hydrogen-bond acceptors (Lipinski definition) is 4. The Hall–Kier alpha value is -2.05. The fourth-order valence-corrected chi connectivity index (χ4v) is 2.14. The molecular formula is C13H12Cl2N4O2. The van der Waals surface area contributed by atoms with Crippen LogP contribution < -0.4 is 5.43 Å². The van der Waals surface area contributed by atoms with Crippen molar-refractivity contribution in [1.29, 1.82) is 0 Å². The Morgan fingerprint density at radius 2 is 2.24 bits per heavy atom. The van der Waals surface area contributed by atoms with Gasteiger partial charge in [-0.05, 0) is 25.1 Å². The van der Waals surface area contributed by atoms with Gasteiger partial charge in [-0.15, -0.1) is 0 Å². The number of ether oxygens (including phenoxy) is 1. The fourth-order valence-electron chi connectivity index (χ4n) is 1.63. The van der Waals surface area contributed by atoms with Gasteiger partial charge in [-0.2, -0.15) is 10.2 Å². The molecule has 0 unspecified atom stereocenters. The normalized spacial score (nSPS) is 10.9. The first-order valence-electron chi connectivity index (χ1n) is 5.91. The van der Waals surface area contributed by atoms with Gasteiger partial charge >= 0.3 is 6.09 Å². The van der Waals surface area contributed by atoms with Crippen molar-refractivity contribution < 1.29 is 9.53 Å². The second-order valence-electron chi connectivity index (χ2n) is 4.04. The number of halogens is 2. The molecule has 0 atom stereocenters. The zero-order chi connectivity index (χ0) is 15.4. The predicted molar refractivity (Wildman–Crippen MR) is 81.5 cm³/mol. The van der Waals surface area contributed by atoms with Crippen LogP contribution in [0.1, 0.15) is 11.3 Å². The minimum Gasteiger partial charge on any atom is -0.452 e. The minimum absolute atomic E-state index is 0.366. The first-order valence-corrected chi connectivity index (χ1v) is 6.66. The number of nitrogens with one attached hydrogen (secondary N) is 1. The van der Waals surface area contributed by atoms with Crippen LogP contribution in [0.5, 0.6) is 0 Å². The number of carbonyl (C=O) groups excluding carboxylic acids is 1. The van der Waals surface area contributed by atoms with Crippen LogP contribution in [0.25, 0.3) is 5.69 Å². The molecule has 21 heavy (non-hydrogen) atoms. The highest BCUT2D eigenvalue weighted by molar-refractivity contribution is 6.32. The molecule has 0 saturated carbocycles. The van der Waals surface area contributed by atoms with Gasteiger partial charge in [0.15, 0.2) is 0 Å². The molecule has 0 bridgehead atoms. The van der Waals surface area contributed by atoms with Gasteiger partial charge < -0.3 is 4.74 Å². The fraction of sp³-hybridized carbons (Fsp3) is 0.154. The van der Waals surface area contributed by atoms with E-state index in [4.69, 9.17) is 23.2 Å². The van der Waals surface area contributed by atoms with E-state index < -0.39 is 6.09 Å². The summed E-state index contributed by atoms with van der Waals surface area (Å²) in [4.78, 5) is 10.9. The third-order valence-corrected chi connectivity index (χ3v) is 3.23. The number of nitrogens with zero attached hydrogens (tertiary/aromatic N) is 3. The molecule has 0 radical (unpaired) electrons. The second kappa shape index (κ2) is 6.60. The van der Waals surface area contributed by atoms with Gasteiger partial charge in [-0.1, -0.05) is 29.3 Å². The van der Waals surface area contributed by atoms with E-state index in [1.165, 1.54) is 13.3 Å². The summed E-state index contributed by atoms with van der Waals surface area (Å²) < 4.78 is 5.95. The highest BCUT2D eigenvalue weighted by Gasteiger charge is 2.13. The number of carbonyl (C=O) groups is 1. The van der Waals surface area contributed by atoms with Crippen LogP contribution in [-0.4, -0.2) is 29.2 Å². The average Bonchev–Trinajstić information content (AvgIpc) is 2.75. The Labute approximate surface area is 131 Å². The molecule has 0 spiro atoms. The van der Waals surface area contributed by atoms with Gasteiger partial charge in [-0.3, -0.25) is 0 Å². The molecule has 0 aliphatic rings. The lowest BCUT2D eigenvalue weighted by Gasteiger charge is -2.03. The van der Waals surface area contributed by atoms with E-state index in [0.717, 1.165) is 5.69 Å². The molecular weight excluding hydrogens is 315 g/mol. The van der Waals surface area contributed by atoms with E-state index in [0.29, 0.717) is 21.4 Å². The largest absolute Gasteiger partial charge is 0.452 e. The Bertz CT molecular complexity index is 697. The third kappa shape index (κ3) is 3.53. The van der Waals surface area contributed by atoms with E-state index in [9.17, 15) is 4.79 Å². The molecule has 0 saturated heterocycles. The van der Waals surface area contributed by atoms with Crippen molar-refractivity contribution in [3.8, 4) is 5.69 Å². The van der Waals surface area contributed by atoms with Gasteiger partial charge in [0.25, 0.3) is 0 Å². The number of benzene rings is 1. The maximum absolute atomic E-state index is 10.9. The number of aryl methyl sites for hydroxylation is 1. The number of hydrogen-bond donors (Lipinski definition) is 1. The topological polar surface area (TPSA) is 68.5 Å². The van der Waals surface area contributed by atoms with Crippen LogP contribution in [-0.2, 0) is 4.74 Å². The number of aromatic nitrogens is 2. The summed E-state index contributed by atoms with van der Waals surface area (Å²) in [7, 11) is 1.25. The predicted octanol–water partition coefficient (Wildman–Crippen LogP) is 3.18. The average molecular weight is 327 g/mol. The van der Waals surface area contributed by atoms with E-state index in [-0.39, 0.29) is 0 Å². The van der Waals surface area contributed by atoms with Crippen LogP contribution in [0, 0.1) is 6.92 Å². The molecule has 8 heteroatoms. The molecule has 0 aliphatic heterocycles. The molecule has 1 aromatic carbocycles. The van der Waals surface area contributed by atoms with Crippen molar-refractivity contribution in [2.45, 2.75) is 6.92 Å². The Morgan fingerprint density at radius 3 is 2.90 bits per heavy atom. The summed E-state index contributed by atoms with van der Waals surface area (Å²) in [5.74, 6) is 0. The van der Waals surface area contributed by atoms with Gasteiger partial charge in [0.2, 0.25) is 0 Å². The molecule has 1 N–H and O–H groups in total. The van der Waals surface area contributed by atoms with E-state index in [2.05, 4.69) is 20.4 Å². The molecule has 2 aromatic rings. The SMILES string of the molecule is COC(=O)N/N=C/c1c(C)nn(-c2cccc(Cl)c2)c1Cl. The first kappa shape index (κ1) is 15.3. The molecule has 2 rings (SSSR count). The van der Waals surface area contributed by atoms with Gasteiger partial charge in [0.1, 0.15) is 5.15 Å². The summed E-state index contributed by atoms with van der Waals surface area (Å²) in [5.41, 5.74) is 4.17. The van der Waals surface area contributed by atoms with Gasteiger partial charge in [-0.25, -0.2) is 14.9 Å². The lowest BCUT2D eigenvalue weighted by molar-refractivity contribution is 0.171. The van der Waals surface area contributed by atoms with Crippen molar-refractivity contribution in [1.82, 2.24) is 15.2 Å². The van der Waals surface area contributed by atoms with Crippen LogP contribution in [0.4, 0.5) is 4.79 Å². The Morgan fingerprint density at radius 1 is 1.48 bits per heavy atom. The maximum atomic E-state index is 10.9. The molecule has 0 aliphatic carbocycles. The van der Waals surface area contributed by atoms with Crippen LogP contribution in [0.3, 0.4) is 0 Å². The third-order valence-electron chi connectivity index (χ3n) is 2.64. The lowest BCUT2D eigenvalue weighted by Crippen LogP contribution is -2.16. The standard InChI is InChI=1S/C13H12Cl2N4O2/c1-8-11(7-16-17-13(20)21-2)12(15)19(18-8)10-5-3-4-9(14)6-10/h3-7H,1-2H3,(H,17,20)/b16-7+.